The van der Waals surface area contributed by atoms with Crippen molar-refractivity contribution in [2.75, 3.05) is 43.9 Å². The summed E-state index contributed by atoms with van der Waals surface area (Å²) >= 11 is 0. The highest BCUT2D eigenvalue weighted by Gasteiger charge is 2.45. The van der Waals surface area contributed by atoms with E-state index in [9.17, 15) is 24.3 Å². The van der Waals surface area contributed by atoms with Crippen molar-refractivity contribution in [3.8, 4) is 5.75 Å². The molecule has 0 radical (unpaired) electrons. The number of carbonyl (C=O) groups is 4. The van der Waals surface area contributed by atoms with Crippen LogP contribution in [-0.4, -0.2) is 104 Å². The maximum atomic E-state index is 13.5. The number of aromatic nitrogens is 4. The maximum absolute atomic E-state index is 13.5. The van der Waals surface area contributed by atoms with Crippen LogP contribution in [0, 0.1) is 11.8 Å². The Bertz CT molecular complexity index is 2380. The molecule has 2 unspecified atom stereocenters. The van der Waals surface area contributed by atoms with E-state index in [0.29, 0.717) is 68.9 Å². The summed E-state index contributed by atoms with van der Waals surface area (Å²) in [7, 11) is 1.56. The summed E-state index contributed by atoms with van der Waals surface area (Å²) in [6, 6.07) is 9.78. The van der Waals surface area contributed by atoms with Gasteiger partial charge >= 0.3 is 0 Å². The minimum absolute atomic E-state index is 0.149. The monoisotopic (exact) mass is 789 g/mol. The second kappa shape index (κ2) is 15.8. The number of anilines is 2. The number of hydrogen-bond acceptors (Lipinski definition) is 12. The van der Waals surface area contributed by atoms with Gasteiger partial charge in [-0.2, -0.15) is 5.10 Å². The zero-order valence-electron chi connectivity index (χ0n) is 32.4. The topological polar surface area (TPSA) is 197 Å². The van der Waals surface area contributed by atoms with E-state index in [1.165, 1.54) is 6.20 Å². The molecule has 16 nitrogen and oxygen atoms in total. The van der Waals surface area contributed by atoms with Crippen LogP contribution in [0.15, 0.2) is 59.4 Å². The highest BCUT2D eigenvalue weighted by molar-refractivity contribution is 6.24. The number of hydrogen-bond donors (Lipinski definition) is 4. The number of nitrogens with one attached hydrogen (secondary N) is 3. The number of oxazole rings is 1. The number of amides is 4. The molecule has 1 saturated carbocycles. The largest absolute Gasteiger partial charge is 0.494 e. The van der Waals surface area contributed by atoms with Gasteiger partial charge in [0.25, 0.3) is 17.7 Å². The molecular weight excluding hydrogens is 743 g/mol. The van der Waals surface area contributed by atoms with Crippen molar-refractivity contribution in [3.63, 3.8) is 0 Å². The fourth-order valence-corrected chi connectivity index (χ4v) is 9.21. The zero-order valence-corrected chi connectivity index (χ0v) is 32.4. The van der Waals surface area contributed by atoms with E-state index in [2.05, 4.69) is 30.9 Å². The summed E-state index contributed by atoms with van der Waals surface area (Å²) in [5.41, 5.74) is 3.89. The van der Waals surface area contributed by atoms with Crippen LogP contribution in [0.5, 0.6) is 5.75 Å². The third-order valence-electron chi connectivity index (χ3n) is 12.4. The first kappa shape index (κ1) is 37.7. The Hall–Kier alpha value is -5.87. The number of carbonyl (C=O) groups excluding carboxylic acids is 4. The second-order valence-corrected chi connectivity index (χ2v) is 16.0. The molecule has 4 amide bonds. The third kappa shape index (κ3) is 7.26. The van der Waals surface area contributed by atoms with E-state index >= 15 is 0 Å². The lowest BCUT2D eigenvalue weighted by Gasteiger charge is -2.36. The van der Waals surface area contributed by atoms with Crippen molar-refractivity contribution < 1.29 is 33.4 Å². The first-order valence-electron chi connectivity index (χ1n) is 20.3. The first-order valence-corrected chi connectivity index (χ1v) is 20.3. The summed E-state index contributed by atoms with van der Waals surface area (Å²) in [5.74, 6) is 1.14. The molecule has 4 N–H and O–H groups in total. The van der Waals surface area contributed by atoms with Gasteiger partial charge in [-0.15, -0.1) is 0 Å². The Morgan fingerprint density at radius 2 is 1.83 bits per heavy atom. The molecule has 3 fully saturated rings. The molecule has 3 aromatic heterocycles. The van der Waals surface area contributed by atoms with Gasteiger partial charge in [0.1, 0.15) is 23.1 Å². The molecule has 0 bridgehead atoms. The van der Waals surface area contributed by atoms with Crippen molar-refractivity contribution in [1.29, 1.82) is 0 Å². The van der Waals surface area contributed by atoms with Gasteiger partial charge in [0.2, 0.25) is 5.91 Å². The Labute approximate surface area is 334 Å². The number of methoxy groups -OCH3 is 1. The van der Waals surface area contributed by atoms with Gasteiger partial charge in [-0.25, -0.2) is 14.5 Å². The molecule has 2 saturated heterocycles. The van der Waals surface area contributed by atoms with Crippen LogP contribution in [0.25, 0.3) is 16.7 Å². The number of nitrogens with zero attached hydrogens (tertiary/aromatic N) is 6. The lowest BCUT2D eigenvalue weighted by Crippen LogP contribution is -2.57. The molecule has 6 heterocycles. The van der Waals surface area contributed by atoms with Crippen LogP contribution >= 0.6 is 0 Å². The molecule has 2 atom stereocenters. The number of aliphatic hydroxyl groups is 1. The number of imide groups is 1. The number of rotatable bonds is 11. The summed E-state index contributed by atoms with van der Waals surface area (Å²) in [6.07, 6.45) is 11.4. The summed E-state index contributed by atoms with van der Waals surface area (Å²) in [4.78, 5) is 64.4. The Morgan fingerprint density at radius 3 is 2.62 bits per heavy atom. The minimum Gasteiger partial charge on any atom is -0.494 e. The normalized spacial score (nSPS) is 23.0. The Morgan fingerprint density at radius 1 is 1.00 bits per heavy atom. The Balaban J connectivity index is 0.735. The van der Waals surface area contributed by atoms with Gasteiger partial charge < -0.3 is 35.1 Å². The molecular formula is C42H47N9O7. The van der Waals surface area contributed by atoms with Crippen LogP contribution in [0.3, 0.4) is 0 Å². The van der Waals surface area contributed by atoms with Gasteiger partial charge in [0.15, 0.2) is 17.1 Å². The van der Waals surface area contributed by atoms with E-state index in [1.54, 1.807) is 54.4 Å². The predicted octanol–water partition coefficient (Wildman–Crippen LogP) is 4.81. The molecule has 16 heteroatoms. The lowest BCUT2D eigenvalue weighted by molar-refractivity contribution is -0.129. The molecule has 58 heavy (non-hydrogen) atoms. The number of likely N-dealkylation sites (tertiary alicyclic amines) is 1. The third-order valence-corrected chi connectivity index (χ3v) is 12.4. The maximum Gasteiger partial charge on any atom is 0.264 e. The second-order valence-electron chi connectivity index (χ2n) is 16.0. The highest BCUT2D eigenvalue weighted by Crippen LogP contribution is 2.39. The predicted molar refractivity (Wildman–Crippen MR) is 213 cm³/mol. The quantitative estimate of drug-likeness (QED) is 0.134. The molecule has 9 rings (SSSR count). The van der Waals surface area contributed by atoms with Crippen molar-refractivity contribution in [2.24, 2.45) is 11.8 Å². The van der Waals surface area contributed by atoms with Crippen molar-refractivity contribution in [2.45, 2.75) is 76.0 Å². The number of ether oxygens (including phenoxy) is 1. The van der Waals surface area contributed by atoms with Crippen LogP contribution in [0.1, 0.15) is 101 Å². The van der Waals surface area contributed by atoms with Gasteiger partial charge in [-0.1, -0.05) is 6.07 Å². The van der Waals surface area contributed by atoms with Gasteiger partial charge in [-0.05, 0) is 94.5 Å². The number of benzene rings is 2. The van der Waals surface area contributed by atoms with Crippen LogP contribution < -0.4 is 20.7 Å². The van der Waals surface area contributed by atoms with Gasteiger partial charge in [0.05, 0.1) is 36.2 Å². The molecule has 3 aliphatic heterocycles. The summed E-state index contributed by atoms with van der Waals surface area (Å²) < 4.78 is 13.5. The minimum atomic E-state index is -1.28. The molecule has 0 spiro atoms. The highest BCUT2D eigenvalue weighted by atomic mass is 16.5. The molecule has 1 aliphatic carbocycles. The van der Waals surface area contributed by atoms with E-state index in [1.807, 2.05) is 6.07 Å². The SMILES string of the molecule is COc1cc2nc(C3CCC(CN4CCC(CCNc5cccc6c5C(=O)N(C5CCC(=O)NC5O)C6=O)CC4)CC3)oc2cc1NC(=O)c1cnn2cccnc12. The zero-order chi connectivity index (χ0) is 39.9. The average Bonchev–Trinajstić information content (AvgIpc) is 3.93. The molecule has 2 aromatic carbocycles. The lowest BCUT2D eigenvalue weighted by atomic mass is 9.81. The Kier molecular flexibility index (Phi) is 10.3. The number of fused-ring (bicyclic) bond motifs is 3. The fraction of sp³-hybridized carbons (Fsp3) is 0.452. The van der Waals surface area contributed by atoms with Crippen molar-refractivity contribution in [1.82, 2.24) is 34.7 Å². The van der Waals surface area contributed by atoms with Crippen LogP contribution in [0.4, 0.5) is 11.4 Å². The van der Waals surface area contributed by atoms with Crippen molar-refractivity contribution >= 4 is 51.8 Å². The average molecular weight is 790 g/mol. The van der Waals surface area contributed by atoms with Crippen LogP contribution in [0.2, 0.25) is 0 Å². The smallest absolute Gasteiger partial charge is 0.264 e. The van der Waals surface area contributed by atoms with E-state index < -0.39 is 24.1 Å². The van der Waals surface area contributed by atoms with Gasteiger partial charge in [0, 0.05) is 55.6 Å². The van der Waals surface area contributed by atoms with Crippen LogP contribution in [-0.2, 0) is 4.79 Å². The molecule has 5 aromatic rings. The first-order chi connectivity index (χ1) is 28.2. The van der Waals surface area contributed by atoms with E-state index in [-0.39, 0.29) is 30.6 Å². The number of aliphatic hydroxyl groups excluding tert-OH is 1. The van der Waals surface area contributed by atoms with E-state index in [4.69, 9.17) is 14.1 Å². The molecule has 302 valence electrons. The van der Waals surface area contributed by atoms with Crippen molar-refractivity contribution in [3.05, 3.63) is 77.6 Å². The van der Waals surface area contributed by atoms with Gasteiger partial charge in [-0.3, -0.25) is 24.1 Å². The fourth-order valence-electron chi connectivity index (χ4n) is 9.21. The van der Waals surface area contributed by atoms with E-state index in [0.717, 1.165) is 75.4 Å². The summed E-state index contributed by atoms with van der Waals surface area (Å²) in [6.45, 7) is 3.91. The standard InChI is InChI=1S/C42H47N9O7/c1-57-33-20-31-34(21-30(33)46-38(53)28-22-45-50-17-3-15-44-37(28)50)58-40(47-31)26-8-6-25(7-9-26)23-49-18-13-24(14-19-49)12-16-43-29-5-2-4-27-36(29)42(56)51(41(27)55)32-10-11-35(52)48-39(32)54/h2-5,15,17,20-22,24-26,32,39,43,54H,6-14,16,18-19,23H2,1H3,(H,46,53)(H,48,52). The number of piperidine rings is 2. The summed E-state index contributed by atoms with van der Waals surface area (Å²) in [5, 5.41) is 23.4. The molecule has 4 aliphatic rings.